The average Bonchev–Trinajstić information content (AvgIpc) is 2.38. The molecule has 0 spiro atoms. The van der Waals surface area contributed by atoms with Crippen molar-refractivity contribution in [3.05, 3.63) is 53.8 Å². The van der Waals surface area contributed by atoms with Gasteiger partial charge >= 0.3 is 6.18 Å². The summed E-state index contributed by atoms with van der Waals surface area (Å²) >= 11 is 0. The second-order valence-electron chi connectivity index (χ2n) is 4.02. The number of benzene rings is 2. The molecule has 0 unspecified atom stereocenters. The third kappa shape index (κ3) is 2.86. The minimum atomic E-state index is -4.53. The van der Waals surface area contributed by atoms with Crippen LogP contribution in [0.25, 0.3) is 11.1 Å². The Hall–Kier alpha value is -2.04. The molecule has 1 nitrogen and oxygen atoms in total. The molecule has 2 rings (SSSR count). The van der Waals surface area contributed by atoms with Crippen molar-refractivity contribution in [2.75, 3.05) is 12.4 Å². The predicted octanol–water partition coefficient (Wildman–Crippen LogP) is 4.55. The van der Waals surface area contributed by atoms with Crippen LogP contribution in [0, 0.1) is 5.82 Å². The normalized spacial score (nSPS) is 11.4. The summed E-state index contributed by atoms with van der Waals surface area (Å²) in [7, 11) is 1.74. The van der Waals surface area contributed by atoms with Crippen LogP contribution in [-0.4, -0.2) is 7.05 Å². The van der Waals surface area contributed by atoms with Crippen molar-refractivity contribution in [1.82, 2.24) is 0 Å². The van der Waals surface area contributed by atoms with Gasteiger partial charge in [-0.25, -0.2) is 4.39 Å². The Morgan fingerprint density at radius 1 is 0.947 bits per heavy atom. The minimum absolute atomic E-state index is 0.149. The van der Waals surface area contributed by atoms with E-state index in [1.807, 2.05) is 0 Å². The maximum absolute atomic E-state index is 13.7. The highest BCUT2D eigenvalue weighted by Crippen LogP contribution is 2.32. The average molecular weight is 269 g/mol. The first-order valence-electron chi connectivity index (χ1n) is 5.57. The highest BCUT2D eigenvalue weighted by molar-refractivity contribution is 5.67. The number of rotatable bonds is 2. The van der Waals surface area contributed by atoms with Crippen molar-refractivity contribution in [3.8, 4) is 11.1 Å². The molecule has 0 atom stereocenters. The van der Waals surface area contributed by atoms with Crippen molar-refractivity contribution in [3.63, 3.8) is 0 Å². The molecule has 0 aromatic heterocycles. The first-order valence-corrected chi connectivity index (χ1v) is 5.57. The van der Waals surface area contributed by atoms with Crippen LogP contribution in [0.1, 0.15) is 5.56 Å². The van der Waals surface area contributed by atoms with Gasteiger partial charge in [-0.05, 0) is 29.8 Å². The van der Waals surface area contributed by atoms with Crippen LogP contribution in [0.5, 0.6) is 0 Å². The van der Waals surface area contributed by atoms with Crippen LogP contribution in [0.2, 0.25) is 0 Å². The van der Waals surface area contributed by atoms with Crippen LogP contribution in [-0.2, 0) is 6.18 Å². The Balaban J connectivity index is 2.40. The van der Waals surface area contributed by atoms with E-state index in [0.717, 1.165) is 17.8 Å². The van der Waals surface area contributed by atoms with Gasteiger partial charge in [-0.2, -0.15) is 13.2 Å². The van der Waals surface area contributed by atoms with Gasteiger partial charge in [0.2, 0.25) is 0 Å². The van der Waals surface area contributed by atoms with Crippen molar-refractivity contribution in [1.29, 1.82) is 0 Å². The molecule has 19 heavy (non-hydrogen) atoms. The number of anilines is 1. The summed E-state index contributed by atoms with van der Waals surface area (Å²) in [6.45, 7) is 0. The van der Waals surface area contributed by atoms with Crippen molar-refractivity contribution < 1.29 is 17.6 Å². The molecule has 0 saturated carbocycles. The Labute approximate surface area is 107 Å². The molecular formula is C14H11F4N. The summed E-state index contributed by atoms with van der Waals surface area (Å²) < 4.78 is 51.0. The lowest BCUT2D eigenvalue weighted by Crippen LogP contribution is -2.05. The first kappa shape index (κ1) is 13.4. The number of hydrogen-bond acceptors (Lipinski definition) is 1. The van der Waals surface area contributed by atoms with Crippen LogP contribution in [0.15, 0.2) is 42.5 Å². The van der Waals surface area contributed by atoms with Gasteiger partial charge in [0.1, 0.15) is 5.82 Å². The largest absolute Gasteiger partial charge is 0.416 e. The summed E-state index contributed by atoms with van der Waals surface area (Å²) in [6.07, 6.45) is -4.53. The molecule has 0 saturated heterocycles. The fourth-order valence-corrected chi connectivity index (χ4v) is 1.74. The molecule has 2 aromatic carbocycles. The smallest absolute Gasteiger partial charge is 0.388 e. The second-order valence-corrected chi connectivity index (χ2v) is 4.02. The molecule has 0 aliphatic heterocycles. The first-order chi connectivity index (χ1) is 8.91. The van der Waals surface area contributed by atoms with Crippen molar-refractivity contribution >= 4 is 5.69 Å². The quantitative estimate of drug-likeness (QED) is 0.788. The van der Waals surface area contributed by atoms with Gasteiger partial charge in [0.15, 0.2) is 0 Å². The van der Waals surface area contributed by atoms with Gasteiger partial charge in [0, 0.05) is 18.3 Å². The van der Waals surface area contributed by atoms with Crippen LogP contribution in [0.4, 0.5) is 23.2 Å². The predicted molar refractivity (Wildman–Crippen MR) is 66.4 cm³/mol. The molecule has 1 N–H and O–H groups in total. The van der Waals surface area contributed by atoms with E-state index in [-0.39, 0.29) is 5.56 Å². The fraction of sp³-hybridized carbons (Fsp3) is 0.143. The third-order valence-electron chi connectivity index (χ3n) is 2.78. The van der Waals surface area contributed by atoms with E-state index >= 15 is 0 Å². The van der Waals surface area contributed by atoms with E-state index in [1.54, 1.807) is 31.3 Å². The second kappa shape index (κ2) is 4.91. The molecule has 0 fully saturated rings. The number of hydrogen-bond donors (Lipinski definition) is 1. The molecule has 0 aliphatic rings. The zero-order chi connectivity index (χ0) is 14.0. The molecule has 2 aromatic rings. The molecule has 100 valence electrons. The number of alkyl halides is 3. The van der Waals surface area contributed by atoms with Gasteiger partial charge in [0.05, 0.1) is 5.56 Å². The molecule has 0 heterocycles. The monoisotopic (exact) mass is 269 g/mol. The topological polar surface area (TPSA) is 12.0 Å². The lowest BCUT2D eigenvalue weighted by molar-refractivity contribution is -0.137. The van der Waals surface area contributed by atoms with Crippen molar-refractivity contribution in [2.45, 2.75) is 6.18 Å². The minimum Gasteiger partial charge on any atom is -0.388 e. The summed E-state index contributed by atoms with van der Waals surface area (Å²) in [5.74, 6) is -0.882. The summed E-state index contributed by atoms with van der Waals surface area (Å²) in [5, 5.41) is 2.91. The van der Waals surface area contributed by atoms with E-state index in [0.29, 0.717) is 11.6 Å². The van der Waals surface area contributed by atoms with Gasteiger partial charge < -0.3 is 5.32 Å². The standard InChI is InChI=1S/C14H11F4N/c1-19-11-5-2-9(3-6-11)12-7-4-10(8-13(12)15)14(16,17)18/h2-8,19H,1H3. The van der Waals surface area contributed by atoms with E-state index in [2.05, 4.69) is 5.32 Å². The molecule has 0 aliphatic carbocycles. The maximum Gasteiger partial charge on any atom is 0.416 e. The lowest BCUT2D eigenvalue weighted by Gasteiger charge is -2.09. The molecule has 5 heteroatoms. The molecular weight excluding hydrogens is 258 g/mol. The molecule has 0 radical (unpaired) electrons. The van der Waals surface area contributed by atoms with E-state index in [1.165, 1.54) is 0 Å². The fourth-order valence-electron chi connectivity index (χ4n) is 1.74. The highest BCUT2D eigenvalue weighted by Gasteiger charge is 2.31. The Bertz CT molecular complexity index is 573. The SMILES string of the molecule is CNc1ccc(-c2ccc(C(F)(F)F)cc2F)cc1. The highest BCUT2D eigenvalue weighted by atomic mass is 19.4. The van der Waals surface area contributed by atoms with Gasteiger partial charge in [0.25, 0.3) is 0 Å². The molecule has 0 bridgehead atoms. The Kier molecular flexibility index (Phi) is 3.46. The number of nitrogens with one attached hydrogen (secondary N) is 1. The number of halogens is 4. The zero-order valence-corrected chi connectivity index (χ0v) is 10.1. The van der Waals surface area contributed by atoms with Crippen LogP contribution >= 0.6 is 0 Å². The zero-order valence-electron chi connectivity index (χ0n) is 10.1. The van der Waals surface area contributed by atoms with Crippen molar-refractivity contribution in [2.24, 2.45) is 0 Å². The summed E-state index contributed by atoms with van der Waals surface area (Å²) in [6, 6.07) is 9.30. The summed E-state index contributed by atoms with van der Waals surface area (Å²) in [4.78, 5) is 0. The van der Waals surface area contributed by atoms with E-state index in [9.17, 15) is 17.6 Å². The Morgan fingerprint density at radius 2 is 1.58 bits per heavy atom. The third-order valence-corrected chi connectivity index (χ3v) is 2.78. The van der Waals surface area contributed by atoms with Crippen LogP contribution in [0.3, 0.4) is 0 Å². The summed E-state index contributed by atoms with van der Waals surface area (Å²) in [5.41, 5.74) is 0.539. The molecule has 0 amide bonds. The lowest BCUT2D eigenvalue weighted by atomic mass is 10.0. The van der Waals surface area contributed by atoms with Gasteiger partial charge in [-0.1, -0.05) is 18.2 Å². The van der Waals surface area contributed by atoms with Crippen LogP contribution < -0.4 is 5.32 Å². The van der Waals surface area contributed by atoms with Gasteiger partial charge in [-0.3, -0.25) is 0 Å². The maximum atomic E-state index is 13.7. The van der Waals surface area contributed by atoms with E-state index in [4.69, 9.17) is 0 Å². The Morgan fingerprint density at radius 3 is 2.05 bits per heavy atom. The van der Waals surface area contributed by atoms with E-state index < -0.39 is 17.6 Å². The van der Waals surface area contributed by atoms with Gasteiger partial charge in [-0.15, -0.1) is 0 Å².